The van der Waals surface area contributed by atoms with Crippen molar-refractivity contribution in [1.29, 1.82) is 0 Å². The van der Waals surface area contributed by atoms with Gasteiger partial charge in [0.15, 0.2) is 5.13 Å². The molecule has 2 aliphatic heterocycles. The first-order chi connectivity index (χ1) is 11.8. The van der Waals surface area contributed by atoms with Crippen molar-refractivity contribution in [3.8, 4) is 17.0 Å². The number of benzene rings is 1. The molecule has 0 aliphatic carbocycles. The van der Waals surface area contributed by atoms with Gasteiger partial charge in [0, 0.05) is 36.4 Å². The van der Waals surface area contributed by atoms with Gasteiger partial charge >= 0.3 is 0 Å². The zero-order valence-electron chi connectivity index (χ0n) is 13.6. The highest BCUT2D eigenvalue weighted by Gasteiger charge is 2.18. The van der Waals surface area contributed by atoms with Crippen LogP contribution in [-0.2, 0) is 16.0 Å². The molecule has 1 fully saturated rings. The summed E-state index contributed by atoms with van der Waals surface area (Å²) in [6.07, 6.45) is 1.33. The van der Waals surface area contributed by atoms with Gasteiger partial charge in [-0.3, -0.25) is 4.79 Å². The van der Waals surface area contributed by atoms with Gasteiger partial charge < -0.3 is 20.1 Å². The number of hydrogen-bond acceptors (Lipinski definition) is 6. The molecule has 134 valence electrons. The van der Waals surface area contributed by atoms with E-state index in [1.165, 1.54) is 16.9 Å². The molecule has 0 bridgehead atoms. The third-order valence-corrected chi connectivity index (χ3v) is 4.92. The molecule has 1 aromatic carbocycles. The number of carbonyl (C=O) groups is 1. The maximum absolute atomic E-state index is 12.1. The van der Waals surface area contributed by atoms with Crippen molar-refractivity contribution in [3.63, 3.8) is 0 Å². The maximum Gasteiger partial charge on any atom is 0.227 e. The number of fused-ring (bicyclic) bond motifs is 1. The normalized spacial score (nSPS) is 18.8. The Labute approximate surface area is 156 Å². The highest BCUT2D eigenvalue weighted by Crippen LogP contribution is 2.31. The number of ether oxygens (including phenoxy) is 2. The molecule has 0 spiro atoms. The Morgan fingerprint density at radius 2 is 2.32 bits per heavy atom. The van der Waals surface area contributed by atoms with Crippen molar-refractivity contribution in [1.82, 2.24) is 10.3 Å². The lowest BCUT2D eigenvalue weighted by atomic mass is 10.1. The Morgan fingerprint density at radius 1 is 1.40 bits per heavy atom. The van der Waals surface area contributed by atoms with Gasteiger partial charge in [0.05, 0.1) is 25.5 Å². The van der Waals surface area contributed by atoms with Crippen LogP contribution in [-0.4, -0.2) is 43.3 Å². The molecule has 25 heavy (non-hydrogen) atoms. The predicted octanol–water partition coefficient (Wildman–Crippen LogP) is 2.48. The molecule has 2 N–H and O–H groups in total. The van der Waals surface area contributed by atoms with Crippen LogP contribution in [0.2, 0.25) is 0 Å². The largest absolute Gasteiger partial charge is 0.493 e. The van der Waals surface area contributed by atoms with E-state index in [1.54, 1.807) is 0 Å². The number of nitrogens with zero attached hydrogens (tertiary/aromatic N) is 1. The minimum Gasteiger partial charge on any atom is -0.493 e. The van der Waals surface area contributed by atoms with Crippen LogP contribution in [0.15, 0.2) is 23.6 Å². The van der Waals surface area contributed by atoms with E-state index in [4.69, 9.17) is 9.47 Å². The molecule has 0 saturated carbocycles. The molecule has 1 unspecified atom stereocenters. The second-order valence-electron chi connectivity index (χ2n) is 5.94. The van der Waals surface area contributed by atoms with Crippen molar-refractivity contribution >= 4 is 34.8 Å². The molecule has 1 aromatic heterocycles. The van der Waals surface area contributed by atoms with Gasteiger partial charge in [0.1, 0.15) is 5.75 Å². The lowest BCUT2D eigenvalue weighted by Gasteiger charge is -2.22. The van der Waals surface area contributed by atoms with Crippen LogP contribution in [0.3, 0.4) is 0 Å². The Kier molecular flexibility index (Phi) is 5.90. The summed E-state index contributed by atoms with van der Waals surface area (Å²) in [5.41, 5.74) is 3.15. The van der Waals surface area contributed by atoms with Crippen LogP contribution in [0.4, 0.5) is 5.13 Å². The zero-order valence-corrected chi connectivity index (χ0v) is 15.3. The van der Waals surface area contributed by atoms with E-state index in [2.05, 4.69) is 21.7 Å². The topological polar surface area (TPSA) is 72.5 Å². The Hall–Kier alpha value is -1.67. The van der Waals surface area contributed by atoms with E-state index >= 15 is 0 Å². The fourth-order valence-corrected chi connectivity index (χ4v) is 3.69. The van der Waals surface area contributed by atoms with Gasteiger partial charge in [-0.05, 0) is 23.8 Å². The van der Waals surface area contributed by atoms with E-state index in [9.17, 15) is 4.79 Å². The summed E-state index contributed by atoms with van der Waals surface area (Å²) < 4.78 is 10.9. The second-order valence-corrected chi connectivity index (χ2v) is 6.80. The summed E-state index contributed by atoms with van der Waals surface area (Å²) in [5, 5.41) is 8.75. The summed E-state index contributed by atoms with van der Waals surface area (Å²) >= 11 is 1.44. The number of morpholine rings is 1. The van der Waals surface area contributed by atoms with Crippen molar-refractivity contribution < 1.29 is 14.3 Å². The Balaban J connectivity index is 0.00000182. The number of aromatic nitrogens is 1. The maximum atomic E-state index is 12.1. The van der Waals surface area contributed by atoms with Crippen LogP contribution < -0.4 is 15.4 Å². The molecule has 1 saturated heterocycles. The Morgan fingerprint density at radius 3 is 3.16 bits per heavy atom. The molecule has 4 rings (SSSR count). The molecule has 8 heteroatoms. The van der Waals surface area contributed by atoms with E-state index in [1.807, 2.05) is 17.5 Å². The third kappa shape index (κ3) is 4.30. The van der Waals surface area contributed by atoms with E-state index in [0.29, 0.717) is 24.8 Å². The summed E-state index contributed by atoms with van der Waals surface area (Å²) in [7, 11) is 0. The predicted molar refractivity (Wildman–Crippen MR) is 99.9 cm³/mol. The minimum absolute atomic E-state index is 0. The fraction of sp³-hybridized carbons (Fsp3) is 0.412. The Bertz CT molecular complexity index is 746. The van der Waals surface area contributed by atoms with E-state index in [0.717, 1.165) is 36.6 Å². The second kappa shape index (κ2) is 8.14. The molecule has 3 heterocycles. The molecule has 0 radical (unpaired) electrons. The summed E-state index contributed by atoms with van der Waals surface area (Å²) in [5.74, 6) is 0.922. The standard InChI is InChI=1S/C17H19N3O3S.ClH/c21-16(8-13-9-22-6-4-18-13)20-17-19-14(10-24-17)11-1-2-15-12(7-11)3-5-23-15;/h1-2,7,10,13,18H,3-6,8-9H2,(H,19,20,21);1H. The minimum atomic E-state index is -0.0405. The van der Waals surface area contributed by atoms with Gasteiger partial charge in [-0.2, -0.15) is 0 Å². The van der Waals surface area contributed by atoms with Crippen LogP contribution >= 0.6 is 23.7 Å². The van der Waals surface area contributed by atoms with E-state index in [-0.39, 0.29) is 24.4 Å². The average molecular weight is 382 g/mol. The zero-order chi connectivity index (χ0) is 16.4. The summed E-state index contributed by atoms with van der Waals surface area (Å²) in [6, 6.07) is 6.19. The van der Waals surface area contributed by atoms with Gasteiger partial charge in [0.2, 0.25) is 5.91 Å². The van der Waals surface area contributed by atoms with E-state index < -0.39 is 0 Å². The molecule has 1 atom stereocenters. The quantitative estimate of drug-likeness (QED) is 0.851. The van der Waals surface area contributed by atoms with Gasteiger partial charge in [-0.1, -0.05) is 0 Å². The third-order valence-electron chi connectivity index (χ3n) is 4.17. The molecular formula is C17H20ClN3O3S. The summed E-state index contributed by atoms with van der Waals surface area (Å²) in [6.45, 7) is 2.82. The molecule has 2 aliphatic rings. The van der Waals surface area contributed by atoms with Gasteiger partial charge in [-0.15, -0.1) is 23.7 Å². The first-order valence-corrected chi connectivity index (χ1v) is 8.98. The number of hydrogen-bond donors (Lipinski definition) is 2. The van der Waals surface area contributed by atoms with Crippen molar-refractivity contribution in [3.05, 3.63) is 29.1 Å². The van der Waals surface area contributed by atoms with Crippen LogP contribution in [0.5, 0.6) is 5.75 Å². The van der Waals surface area contributed by atoms with Crippen molar-refractivity contribution in [2.24, 2.45) is 0 Å². The number of halogens is 1. The number of nitrogens with one attached hydrogen (secondary N) is 2. The van der Waals surface area contributed by atoms with Crippen LogP contribution in [0.25, 0.3) is 11.3 Å². The first kappa shape index (κ1) is 18.1. The monoisotopic (exact) mass is 381 g/mol. The number of anilines is 1. The van der Waals surface area contributed by atoms with Gasteiger partial charge in [-0.25, -0.2) is 4.98 Å². The SMILES string of the molecule is Cl.O=C(CC1COCCN1)Nc1nc(-c2ccc3c(c2)CCO3)cs1. The number of rotatable bonds is 4. The van der Waals surface area contributed by atoms with Crippen molar-refractivity contribution in [2.45, 2.75) is 18.9 Å². The van der Waals surface area contributed by atoms with Crippen LogP contribution in [0, 0.1) is 0 Å². The number of carbonyl (C=O) groups excluding carboxylic acids is 1. The molecule has 1 amide bonds. The molecule has 6 nitrogen and oxygen atoms in total. The number of amides is 1. The number of thiazole rings is 1. The first-order valence-electron chi connectivity index (χ1n) is 8.10. The lowest BCUT2D eigenvalue weighted by molar-refractivity contribution is -0.117. The average Bonchev–Trinajstić information content (AvgIpc) is 3.24. The molecular weight excluding hydrogens is 362 g/mol. The highest BCUT2D eigenvalue weighted by molar-refractivity contribution is 7.14. The smallest absolute Gasteiger partial charge is 0.227 e. The van der Waals surface area contributed by atoms with Crippen LogP contribution in [0.1, 0.15) is 12.0 Å². The molecule has 2 aromatic rings. The highest BCUT2D eigenvalue weighted by atomic mass is 35.5. The lowest BCUT2D eigenvalue weighted by Crippen LogP contribution is -2.43. The summed E-state index contributed by atoms with van der Waals surface area (Å²) in [4.78, 5) is 16.7. The van der Waals surface area contributed by atoms with Crippen molar-refractivity contribution in [2.75, 3.05) is 31.7 Å². The fourth-order valence-electron chi connectivity index (χ4n) is 2.95. The van der Waals surface area contributed by atoms with Gasteiger partial charge in [0.25, 0.3) is 0 Å².